The summed E-state index contributed by atoms with van der Waals surface area (Å²) < 4.78 is 6.33. The van der Waals surface area contributed by atoms with Gasteiger partial charge in [0.2, 0.25) is 17.7 Å². The normalized spacial score (nSPS) is 17.2. The lowest BCUT2D eigenvalue weighted by Crippen LogP contribution is -2.52. The zero-order chi connectivity index (χ0) is 24.8. The number of hydrogen-bond donors (Lipinski definition) is 4. The van der Waals surface area contributed by atoms with Crippen LogP contribution in [0.3, 0.4) is 0 Å². The number of hydrogen-bond acceptors (Lipinski definition) is 6. The fourth-order valence-corrected chi connectivity index (χ4v) is 4.21. The highest BCUT2D eigenvalue weighted by atomic mass is 79.9. The van der Waals surface area contributed by atoms with E-state index in [1.807, 2.05) is 6.07 Å². The lowest BCUT2D eigenvalue weighted by molar-refractivity contribution is -0.128. The highest BCUT2D eigenvalue weighted by Gasteiger charge is 2.29. The molecule has 3 rings (SSSR count). The maximum atomic E-state index is 12.7. The van der Waals surface area contributed by atoms with Gasteiger partial charge < -0.3 is 30.5 Å². The number of halogens is 1. The number of benzene rings is 1. The SMILES string of the molecule is CC(C)C(NC(=O)c1cc2cccc(Br)c2o1)C(=O)NCC(=O)N[C@H](C=O)CC1CCNC1=O. The van der Waals surface area contributed by atoms with Crippen molar-refractivity contribution in [1.29, 1.82) is 0 Å². The van der Waals surface area contributed by atoms with Crippen LogP contribution >= 0.6 is 15.9 Å². The van der Waals surface area contributed by atoms with E-state index in [2.05, 4.69) is 37.2 Å². The smallest absolute Gasteiger partial charge is 0.287 e. The highest BCUT2D eigenvalue weighted by Crippen LogP contribution is 2.27. The van der Waals surface area contributed by atoms with E-state index in [0.717, 1.165) is 5.39 Å². The maximum Gasteiger partial charge on any atom is 0.287 e. The Morgan fingerprint density at radius 2 is 2.03 bits per heavy atom. The monoisotopic (exact) mass is 534 g/mol. The summed E-state index contributed by atoms with van der Waals surface area (Å²) in [6.07, 6.45) is 1.38. The van der Waals surface area contributed by atoms with Gasteiger partial charge in [-0.25, -0.2) is 0 Å². The van der Waals surface area contributed by atoms with E-state index in [4.69, 9.17) is 4.42 Å². The molecule has 4 N–H and O–H groups in total. The number of aldehydes is 1. The summed E-state index contributed by atoms with van der Waals surface area (Å²) in [5.41, 5.74) is 0.523. The summed E-state index contributed by atoms with van der Waals surface area (Å²) in [6.45, 7) is 3.69. The number of nitrogens with one attached hydrogen (secondary N) is 4. The van der Waals surface area contributed by atoms with E-state index in [1.54, 1.807) is 32.0 Å². The second-order valence-corrected chi connectivity index (χ2v) is 9.36. The molecule has 0 spiro atoms. The summed E-state index contributed by atoms with van der Waals surface area (Å²) in [6, 6.07) is 5.25. The highest BCUT2D eigenvalue weighted by molar-refractivity contribution is 9.10. The van der Waals surface area contributed by atoms with Crippen molar-refractivity contribution >= 4 is 56.8 Å². The second-order valence-electron chi connectivity index (χ2n) is 8.50. The van der Waals surface area contributed by atoms with Crippen molar-refractivity contribution in [3.05, 3.63) is 34.5 Å². The third-order valence-corrected chi connectivity index (χ3v) is 6.22. The van der Waals surface area contributed by atoms with Gasteiger partial charge in [0.25, 0.3) is 5.91 Å². The number of fused-ring (bicyclic) bond motifs is 1. The standard InChI is InChI=1S/C23H27BrN4O6/c1-12(2)19(28-22(32)17-9-13-4-3-5-16(24)20(13)34-17)23(33)26-10-18(30)27-15(11-29)8-14-6-7-25-21(14)31/h3-5,9,11-12,14-15,19H,6-8,10H2,1-2H3,(H,25,31)(H,26,33)(H,27,30)(H,28,32)/t14?,15-,19?/m0/s1. The van der Waals surface area contributed by atoms with Gasteiger partial charge in [-0.15, -0.1) is 0 Å². The average Bonchev–Trinajstić information content (AvgIpc) is 3.42. The number of para-hydroxylation sites is 1. The lowest BCUT2D eigenvalue weighted by atomic mass is 9.99. The van der Waals surface area contributed by atoms with Gasteiger partial charge in [0.1, 0.15) is 17.9 Å². The molecule has 1 aromatic heterocycles. The molecule has 4 amide bonds. The van der Waals surface area contributed by atoms with E-state index in [1.165, 1.54) is 0 Å². The molecule has 2 aromatic rings. The largest absolute Gasteiger partial charge is 0.450 e. The van der Waals surface area contributed by atoms with E-state index in [9.17, 15) is 24.0 Å². The molecule has 3 atom stereocenters. The minimum Gasteiger partial charge on any atom is -0.450 e. The van der Waals surface area contributed by atoms with Gasteiger partial charge in [0.05, 0.1) is 17.1 Å². The topological polar surface area (TPSA) is 147 Å². The van der Waals surface area contributed by atoms with Crippen LogP contribution in [0.25, 0.3) is 11.0 Å². The zero-order valence-electron chi connectivity index (χ0n) is 18.9. The Balaban J connectivity index is 1.54. The molecule has 10 nitrogen and oxygen atoms in total. The molecule has 11 heteroatoms. The quantitative estimate of drug-likeness (QED) is 0.337. The van der Waals surface area contributed by atoms with E-state index < -0.39 is 29.8 Å². The summed E-state index contributed by atoms with van der Waals surface area (Å²) in [4.78, 5) is 60.7. The molecular formula is C23H27BrN4O6. The first kappa shape index (κ1) is 25.4. The van der Waals surface area contributed by atoms with Crippen LogP contribution in [-0.2, 0) is 19.2 Å². The van der Waals surface area contributed by atoms with Crippen LogP contribution in [0.4, 0.5) is 0 Å². The predicted octanol–water partition coefficient (Wildman–Crippen LogP) is 1.28. The van der Waals surface area contributed by atoms with Crippen molar-refractivity contribution in [3.63, 3.8) is 0 Å². The van der Waals surface area contributed by atoms with Crippen molar-refractivity contribution in [1.82, 2.24) is 21.3 Å². The van der Waals surface area contributed by atoms with E-state index in [-0.39, 0.29) is 36.5 Å². The second kappa shape index (κ2) is 11.3. The first-order chi connectivity index (χ1) is 16.2. The Bertz CT molecular complexity index is 1100. The Kier molecular flexibility index (Phi) is 8.43. The van der Waals surface area contributed by atoms with Gasteiger partial charge in [-0.1, -0.05) is 26.0 Å². The first-order valence-electron chi connectivity index (χ1n) is 11.0. The minimum atomic E-state index is -0.916. The van der Waals surface area contributed by atoms with Crippen LogP contribution in [0.5, 0.6) is 0 Å². The van der Waals surface area contributed by atoms with Crippen molar-refractivity contribution in [2.24, 2.45) is 11.8 Å². The molecule has 1 aliphatic rings. The lowest BCUT2D eigenvalue weighted by Gasteiger charge is -2.21. The van der Waals surface area contributed by atoms with Crippen LogP contribution < -0.4 is 21.3 Å². The number of carbonyl (C=O) groups excluding carboxylic acids is 5. The zero-order valence-corrected chi connectivity index (χ0v) is 20.4. The Morgan fingerprint density at radius 1 is 1.26 bits per heavy atom. The Labute approximate surface area is 204 Å². The number of rotatable bonds is 10. The molecule has 182 valence electrons. The van der Waals surface area contributed by atoms with Crippen molar-refractivity contribution in [2.45, 2.75) is 38.8 Å². The summed E-state index contributed by atoms with van der Waals surface area (Å²) >= 11 is 3.37. The molecule has 1 saturated heterocycles. The predicted molar refractivity (Wildman–Crippen MR) is 127 cm³/mol. The van der Waals surface area contributed by atoms with Gasteiger partial charge in [-0.2, -0.15) is 0 Å². The fraction of sp³-hybridized carbons (Fsp3) is 0.435. The number of carbonyl (C=O) groups is 5. The van der Waals surface area contributed by atoms with Crippen LogP contribution in [0.2, 0.25) is 0 Å². The van der Waals surface area contributed by atoms with Gasteiger partial charge in [0.15, 0.2) is 5.76 Å². The molecule has 0 bridgehead atoms. The molecule has 1 aromatic carbocycles. The number of furan rings is 1. The van der Waals surface area contributed by atoms with Gasteiger partial charge in [-0.05, 0) is 46.8 Å². The van der Waals surface area contributed by atoms with Crippen molar-refractivity contribution in [3.8, 4) is 0 Å². The summed E-state index contributed by atoms with van der Waals surface area (Å²) in [5, 5.41) is 11.1. The molecule has 2 heterocycles. The minimum absolute atomic E-state index is 0.0582. The van der Waals surface area contributed by atoms with Crippen LogP contribution in [0.1, 0.15) is 37.2 Å². The van der Waals surface area contributed by atoms with Crippen LogP contribution in [-0.4, -0.2) is 55.1 Å². The third-order valence-electron chi connectivity index (χ3n) is 5.59. The summed E-state index contributed by atoms with van der Waals surface area (Å²) in [5.74, 6) is -2.36. The Morgan fingerprint density at radius 3 is 2.65 bits per heavy atom. The van der Waals surface area contributed by atoms with Crippen molar-refractivity contribution in [2.75, 3.05) is 13.1 Å². The molecule has 34 heavy (non-hydrogen) atoms. The van der Waals surface area contributed by atoms with Crippen LogP contribution in [0, 0.1) is 11.8 Å². The van der Waals surface area contributed by atoms with Crippen molar-refractivity contribution < 1.29 is 28.4 Å². The first-order valence-corrected chi connectivity index (χ1v) is 11.8. The molecular weight excluding hydrogens is 508 g/mol. The third kappa shape index (κ3) is 6.22. The fourth-order valence-electron chi connectivity index (χ4n) is 3.75. The van der Waals surface area contributed by atoms with Gasteiger partial charge in [-0.3, -0.25) is 19.2 Å². The molecule has 0 radical (unpaired) electrons. The molecule has 0 saturated carbocycles. The van der Waals surface area contributed by atoms with E-state index in [0.29, 0.717) is 29.3 Å². The molecule has 1 aliphatic heterocycles. The molecule has 0 aliphatic carbocycles. The Hall–Kier alpha value is -3.21. The summed E-state index contributed by atoms with van der Waals surface area (Å²) in [7, 11) is 0. The van der Waals surface area contributed by atoms with Crippen LogP contribution in [0.15, 0.2) is 33.2 Å². The average molecular weight is 535 g/mol. The maximum absolute atomic E-state index is 12.7. The van der Waals surface area contributed by atoms with Gasteiger partial charge in [0, 0.05) is 17.8 Å². The molecule has 2 unspecified atom stereocenters. The molecule has 1 fully saturated rings. The number of amides is 4. The van der Waals surface area contributed by atoms with E-state index >= 15 is 0 Å². The van der Waals surface area contributed by atoms with Gasteiger partial charge >= 0.3 is 0 Å².